The molecule has 590 valence electrons. The summed E-state index contributed by atoms with van der Waals surface area (Å²) in [6.07, 6.45) is 3.72. The molecule has 0 bridgehead atoms. The summed E-state index contributed by atoms with van der Waals surface area (Å²) < 4.78 is 0. The molecule has 0 fully saturated rings. The number of nitrogens with two attached hydrogens (primary N) is 8. The Morgan fingerprint density at radius 2 is 0.314 bits per heavy atom. The van der Waals surface area contributed by atoms with Crippen LogP contribution < -0.4 is 104 Å². The first-order valence-electron chi connectivity index (χ1n) is 36.6. The number of ketones is 1. The lowest BCUT2D eigenvalue weighted by Crippen LogP contribution is -2.41. The van der Waals surface area contributed by atoms with Crippen LogP contribution in [0.25, 0.3) is 0 Å². The zero-order valence-electron chi connectivity index (χ0n) is 61.2. The van der Waals surface area contributed by atoms with Crippen LogP contribution in [0.1, 0.15) is 103 Å². The maximum atomic E-state index is 13.7. The highest BCUT2D eigenvalue weighted by Crippen LogP contribution is 2.08. The molecule has 0 saturated heterocycles. The number of hydrogen-bond acceptors (Lipinski definition) is 26. The molecule has 0 aliphatic heterocycles. The van der Waals surface area contributed by atoms with E-state index in [1.165, 1.54) is 0 Å². The molecule has 27 N–H and O–H groups in total. The zero-order chi connectivity index (χ0) is 75.6. The van der Waals surface area contributed by atoms with Crippen molar-refractivity contribution in [1.29, 1.82) is 0 Å². The molecule has 0 rings (SSSR count). The van der Waals surface area contributed by atoms with Gasteiger partial charge in [-0.3, -0.25) is 57.5 Å². The second-order valence-electron chi connectivity index (χ2n) is 24.6. The quantitative estimate of drug-likeness (QED) is 0.0251. The molecule has 0 unspecified atom stereocenters. The van der Waals surface area contributed by atoms with Gasteiger partial charge < -0.3 is 134 Å². The molecular weight excluding hydrogens is 1320 g/mol. The Balaban J connectivity index is 6.59. The molecule has 0 aromatic rings. The van der Waals surface area contributed by atoms with Gasteiger partial charge in [0.05, 0.1) is 0 Å². The van der Waals surface area contributed by atoms with E-state index in [1.807, 2.05) is 24.5 Å². The Kier molecular flexibility index (Phi) is 61.9. The number of unbranched alkanes of at least 4 members (excludes halogenated alkanes) is 1. The van der Waals surface area contributed by atoms with E-state index >= 15 is 0 Å². The first-order valence-corrected chi connectivity index (χ1v) is 36.6. The van der Waals surface area contributed by atoms with Crippen LogP contribution in [0.4, 0.5) is 0 Å². The van der Waals surface area contributed by atoms with Crippen molar-refractivity contribution in [1.82, 2.24) is 87.9 Å². The third kappa shape index (κ3) is 58.7. The van der Waals surface area contributed by atoms with E-state index in [0.717, 1.165) is 0 Å². The van der Waals surface area contributed by atoms with Gasteiger partial charge >= 0.3 is 0 Å². The lowest BCUT2D eigenvalue weighted by molar-refractivity contribution is -0.123. The van der Waals surface area contributed by atoms with Gasteiger partial charge in [0.2, 0.25) is 65.0 Å². The van der Waals surface area contributed by atoms with Crippen LogP contribution >= 0.6 is 0 Å². The van der Waals surface area contributed by atoms with Gasteiger partial charge in [0.15, 0.2) is 0 Å². The maximum absolute atomic E-state index is 13.7. The fraction of sp³-hybridized carbons (Fsp3) is 0.815. The molecule has 0 aromatic carbocycles. The van der Waals surface area contributed by atoms with Gasteiger partial charge in [-0.1, -0.05) is 0 Å². The van der Waals surface area contributed by atoms with Crippen LogP contribution in [0.15, 0.2) is 0 Å². The molecule has 37 nitrogen and oxygen atoms in total. The predicted molar refractivity (Wildman–Crippen MR) is 393 cm³/mol. The van der Waals surface area contributed by atoms with Crippen molar-refractivity contribution in [2.24, 2.45) is 45.9 Å². The molecule has 0 spiro atoms. The molecule has 0 aromatic heterocycles. The number of hydrogen-bond donors (Lipinski definition) is 19. The van der Waals surface area contributed by atoms with Crippen molar-refractivity contribution in [3.05, 3.63) is 0 Å². The normalized spacial score (nSPS) is 11.3. The van der Waals surface area contributed by atoms with Crippen molar-refractivity contribution in [3.63, 3.8) is 0 Å². The van der Waals surface area contributed by atoms with Gasteiger partial charge in [-0.25, -0.2) is 0 Å². The van der Waals surface area contributed by atoms with Gasteiger partial charge in [0.25, 0.3) is 0 Å². The molecule has 0 radical (unpaired) electrons. The van der Waals surface area contributed by atoms with Crippen LogP contribution in [-0.4, -0.2) is 342 Å². The van der Waals surface area contributed by atoms with E-state index in [2.05, 4.69) is 63.4 Å². The summed E-state index contributed by atoms with van der Waals surface area (Å²) in [6, 6.07) is 0. The minimum absolute atomic E-state index is 0.00431. The van der Waals surface area contributed by atoms with Crippen LogP contribution in [0.3, 0.4) is 0 Å². The zero-order valence-corrected chi connectivity index (χ0v) is 61.2. The Morgan fingerprint density at radius 3 is 0.490 bits per heavy atom. The molecule has 37 heteroatoms. The van der Waals surface area contributed by atoms with Crippen LogP contribution in [0.5, 0.6) is 0 Å². The number of Topliss-reactive ketones (excluding diaryl/α,β-unsaturated/α-hetero) is 1. The molecular formula is C65H133N25O12. The average molecular weight is 1460 g/mol. The maximum Gasteiger partial charge on any atom is 0.221 e. The Labute approximate surface area is 604 Å². The van der Waals surface area contributed by atoms with E-state index in [1.54, 1.807) is 0 Å². The SMILES string of the molecule is NCCNC(=O)CCN(CCCC(=O)CCN(CCCCN(CCC(=O)NCCN(CCC(=O)NCCN)CCC(=O)NCCN)CCC(=O)NCCN(CCC(=O)NCCN)CCC(=O)NCCN)CCC(=O)NCCN(CCC(=O)NCCN)CCC(=O)NCCN)CCC(=O)NCCN. The summed E-state index contributed by atoms with van der Waals surface area (Å²) in [6.45, 7) is 12.2. The van der Waals surface area contributed by atoms with Crippen molar-refractivity contribution in [2.45, 2.75) is 103 Å². The Bertz CT molecular complexity index is 1920. The number of nitrogens with zero attached hydrogens (tertiary/aromatic N) is 6. The number of carbonyl (C=O) groups excluding carboxylic acids is 12. The summed E-state index contributed by atoms with van der Waals surface area (Å²) in [5.41, 5.74) is 44.5. The summed E-state index contributed by atoms with van der Waals surface area (Å²) in [5.74, 6) is -2.22. The van der Waals surface area contributed by atoms with Gasteiger partial charge in [0, 0.05) is 306 Å². The number of carbonyl (C=O) groups is 12. The van der Waals surface area contributed by atoms with Crippen molar-refractivity contribution in [2.75, 3.05) is 242 Å². The van der Waals surface area contributed by atoms with E-state index < -0.39 is 0 Å². The summed E-state index contributed by atoms with van der Waals surface area (Å²) in [4.78, 5) is 166. The molecule has 0 aliphatic carbocycles. The molecule has 0 heterocycles. The summed E-state index contributed by atoms with van der Waals surface area (Å²) >= 11 is 0. The Hall–Kier alpha value is -6.72. The minimum atomic E-state index is -0.248. The lowest BCUT2D eigenvalue weighted by Gasteiger charge is -2.25. The summed E-state index contributed by atoms with van der Waals surface area (Å²) in [5, 5.41) is 30.9. The second-order valence-corrected chi connectivity index (χ2v) is 24.6. The third-order valence-electron chi connectivity index (χ3n) is 16.0. The van der Waals surface area contributed by atoms with Gasteiger partial charge in [-0.2, -0.15) is 0 Å². The molecule has 0 aliphatic rings. The van der Waals surface area contributed by atoms with E-state index in [9.17, 15) is 57.5 Å². The first kappa shape index (κ1) is 95.3. The number of amides is 11. The van der Waals surface area contributed by atoms with Crippen molar-refractivity contribution >= 4 is 70.8 Å². The standard InChI is InChI=1S/C65H133N25O12/c66-17-25-74-55(92)6-43-87(44-7-56(93)75-26-18-67)38-3-4-54(91)5-39-85(40-8-63(100)82-33-51-88(45-11-57(94)76-27-19-68)46-12-58(95)77-28-20-69)36-1-2-37-86(41-9-64(101)83-34-52-89(47-13-59(96)78-29-21-70)48-14-60(97)79-30-22-71)42-10-65(102)84-35-53-90(49-15-61(98)80-31-23-72)50-16-62(99)81-32-24-73/h1-53,66-73H2,(H,74,92)(H,75,93)(H,76,94)(H,77,95)(H,78,96)(H,79,97)(H,80,98)(H,81,99)(H,82,100)(H,83,101)(H,84,102). The highest BCUT2D eigenvalue weighted by atomic mass is 16.2. The number of rotatable bonds is 70. The predicted octanol–water partition coefficient (Wildman–Crippen LogP) is -9.44. The average Bonchev–Trinajstić information content (AvgIpc) is 1.29. The number of nitrogens with one attached hydrogen (secondary N) is 11. The third-order valence-corrected chi connectivity index (χ3v) is 16.0. The molecule has 11 amide bonds. The molecule has 0 atom stereocenters. The van der Waals surface area contributed by atoms with Gasteiger partial charge in [-0.15, -0.1) is 0 Å². The fourth-order valence-electron chi connectivity index (χ4n) is 10.2. The minimum Gasteiger partial charge on any atom is -0.355 e. The highest BCUT2D eigenvalue weighted by molar-refractivity contribution is 5.81. The van der Waals surface area contributed by atoms with E-state index in [4.69, 9.17) is 45.9 Å². The van der Waals surface area contributed by atoms with E-state index in [-0.39, 0.29) is 226 Å². The second kappa shape index (κ2) is 66.2. The topological polar surface area (TPSA) is 565 Å². The molecule has 0 saturated carbocycles. The highest BCUT2D eigenvalue weighted by Gasteiger charge is 2.20. The largest absolute Gasteiger partial charge is 0.355 e. The van der Waals surface area contributed by atoms with Gasteiger partial charge in [0.1, 0.15) is 5.78 Å². The van der Waals surface area contributed by atoms with Crippen molar-refractivity contribution < 1.29 is 57.5 Å². The lowest BCUT2D eigenvalue weighted by atomic mass is 10.1. The van der Waals surface area contributed by atoms with Crippen LogP contribution in [0.2, 0.25) is 0 Å². The fourth-order valence-corrected chi connectivity index (χ4v) is 10.2. The van der Waals surface area contributed by atoms with Crippen LogP contribution in [0, 0.1) is 0 Å². The van der Waals surface area contributed by atoms with Crippen LogP contribution in [-0.2, 0) is 57.5 Å². The van der Waals surface area contributed by atoms with Gasteiger partial charge in [-0.05, 0) is 38.9 Å². The molecule has 102 heavy (non-hydrogen) atoms. The van der Waals surface area contributed by atoms with E-state index in [0.29, 0.717) is 189 Å². The Morgan fingerprint density at radius 1 is 0.167 bits per heavy atom. The van der Waals surface area contributed by atoms with Crippen molar-refractivity contribution in [3.8, 4) is 0 Å². The summed E-state index contributed by atoms with van der Waals surface area (Å²) in [7, 11) is 0. The monoisotopic (exact) mass is 1460 g/mol. The first-order chi connectivity index (χ1) is 49.2. The smallest absolute Gasteiger partial charge is 0.221 e.